The van der Waals surface area contributed by atoms with Gasteiger partial charge in [0.05, 0.1) is 6.42 Å². The summed E-state index contributed by atoms with van der Waals surface area (Å²) in [6, 6.07) is 15.3. The highest BCUT2D eigenvalue weighted by atomic mass is 16.5. The number of hydrogen-bond acceptors (Lipinski definition) is 3. The van der Waals surface area contributed by atoms with Crippen molar-refractivity contribution in [1.29, 1.82) is 0 Å². The van der Waals surface area contributed by atoms with Crippen LogP contribution in [-0.2, 0) is 16.0 Å². The first-order valence-electron chi connectivity index (χ1n) is 8.32. The molecule has 25 heavy (non-hydrogen) atoms. The van der Waals surface area contributed by atoms with Crippen LogP contribution in [0.1, 0.15) is 34.1 Å². The monoisotopic (exact) mass is 335 g/mol. The highest BCUT2D eigenvalue weighted by Gasteiger charge is 2.24. The fourth-order valence-corrected chi connectivity index (χ4v) is 2.96. The van der Waals surface area contributed by atoms with Gasteiger partial charge in [-0.1, -0.05) is 48.0 Å². The number of ether oxygens (including phenoxy) is 1. The van der Waals surface area contributed by atoms with Crippen molar-refractivity contribution in [2.45, 2.75) is 33.3 Å². The minimum absolute atomic E-state index is 0.158. The number of Topliss-reactive ketones (excluding diaryl/α,β-unsaturated/α-hetero) is 1. The number of aromatic amines is 1. The molecule has 128 valence electrons. The molecule has 0 aliphatic rings. The minimum atomic E-state index is -0.823. The van der Waals surface area contributed by atoms with Crippen LogP contribution in [0.3, 0.4) is 0 Å². The van der Waals surface area contributed by atoms with Gasteiger partial charge in [-0.3, -0.25) is 9.59 Å². The minimum Gasteiger partial charge on any atom is -0.454 e. The standard InChI is InChI=1S/C21H21NO3/c1-13-8-10-16(11-9-13)12-19(23)25-15(3)21(24)20-14(2)22-18-7-5-4-6-17(18)20/h4-11,15,22H,12H2,1-3H3/t15-/m0/s1. The molecule has 0 radical (unpaired) electrons. The fraction of sp³-hybridized carbons (Fsp3) is 0.238. The Labute approximate surface area is 146 Å². The summed E-state index contributed by atoms with van der Waals surface area (Å²) in [7, 11) is 0. The Kier molecular flexibility index (Phi) is 4.70. The number of aromatic nitrogens is 1. The molecule has 0 unspecified atom stereocenters. The molecule has 4 heteroatoms. The molecular weight excluding hydrogens is 314 g/mol. The molecule has 1 atom stereocenters. The Bertz CT molecular complexity index is 922. The zero-order valence-electron chi connectivity index (χ0n) is 14.6. The zero-order chi connectivity index (χ0) is 18.0. The van der Waals surface area contributed by atoms with Crippen LogP contribution in [0.2, 0.25) is 0 Å². The molecule has 0 aliphatic carbocycles. The first kappa shape index (κ1) is 17.0. The lowest BCUT2D eigenvalue weighted by atomic mass is 10.0. The number of benzene rings is 2. The first-order valence-corrected chi connectivity index (χ1v) is 8.32. The molecule has 1 aromatic heterocycles. The number of esters is 1. The van der Waals surface area contributed by atoms with Gasteiger partial charge >= 0.3 is 5.97 Å². The van der Waals surface area contributed by atoms with E-state index in [1.54, 1.807) is 6.92 Å². The lowest BCUT2D eigenvalue weighted by Gasteiger charge is -2.13. The van der Waals surface area contributed by atoms with Crippen LogP contribution in [0.5, 0.6) is 0 Å². The van der Waals surface area contributed by atoms with Gasteiger partial charge in [-0.15, -0.1) is 0 Å². The molecule has 0 fully saturated rings. The third-order valence-electron chi connectivity index (χ3n) is 4.29. The maximum Gasteiger partial charge on any atom is 0.310 e. The Morgan fingerprint density at radius 3 is 2.44 bits per heavy atom. The molecule has 2 aromatic carbocycles. The van der Waals surface area contributed by atoms with Crippen molar-refractivity contribution >= 4 is 22.7 Å². The van der Waals surface area contributed by atoms with E-state index in [2.05, 4.69) is 4.98 Å². The van der Waals surface area contributed by atoms with Gasteiger partial charge in [0, 0.05) is 22.2 Å². The summed E-state index contributed by atoms with van der Waals surface area (Å²) in [6.07, 6.45) is -0.666. The van der Waals surface area contributed by atoms with Crippen LogP contribution in [-0.4, -0.2) is 22.8 Å². The summed E-state index contributed by atoms with van der Waals surface area (Å²) >= 11 is 0. The van der Waals surface area contributed by atoms with Crippen molar-refractivity contribution in [2.24, 2.45) is 0 Å². The number of hydrogen-bond donors (Lipinski definition) is 1. The summed E-state index contributed by atoms with van der Waals surface area (Å²) in [6.45, 7) is 5.47. The van der Waals surface area contributed by atoms with E-state index < -0.39 is 12.1 Å². The van der Waals surface area contributed by atoms with Crippen LogP contribution >= 0.6 is 0 Å². The molecule has 3 rings (SSSR count). The van der Waals surface area contributed by atoms with Gasteiger partial charge in [0.25, 0.3) is 0 Å². The third kappa shape index (κ3) is 3.63. The van der Waals surface area contributed by atoms with E-state index in [-0.39, 0.29) is 12.2 Å². The molecule has 0 amide bonds. The van der Waals surface area contributed by atoms with E-state index in [9.17, 15) is 9.59 Å². The summed E-state index contributed by atoms with van der Waals surface area (Å²) in [5.74, 6) is -0.589. The van der Waals surface area contributed by atoms with Gasteiger partial charge in [0.1, 0.15) is 0 Å². The second kappa shape index (κ2) is 6.93. The normalized spacial score (nSPS) is 12.1. The van der Waals surface area contributed by atoms with E-state index in [1.165, 1.54) is 0 Å². The third-order valence-corrected chi connectivity index (χ3v) is 4.29. The first-order chi connectivity index (χ1) is 12.0. The predicted molar refractivity (Wildman–Crippen MR) is 97.8 cm³/mol. The maximum atomic E-state index is 12.8. The molecule has 4 nitrogen and oxygen atoms in total. The summed E-state index contributed by atoms with van der Waals surface area (Å²) < 4.78 is 5.37. The van der Waals surface area contributed by atoms with Gasteiger partial charge in [0.15, 0.2) is 6.10 Å². The van der Waals surface area contributed by atoms with Gasteiger partial charge in [-0.05, 0) is 32.4 Å². The molecule has 0 saturated carbocycles. The Morgan fingerprint density at radius 1 is 1.04 bits per heavy atom. The molecule has 0 bridgehead atoms. The largest absolute Gasteiger partial charge is 0.454 e. The van der Waals surface area contributed by atoms with Crippen molar-refractivity contribution in [2.75, 3.05) is 0 Å². The number of H-pyrrole nitrogens is 1. The fourth-order valence-electron chi connectivity index (χ4n) is 2.96. The topological polar surface area (TPSA) is 59.2 Å². The van der Waals surface area contributed by atoms with Gasteiger partial charge in [-0.25, -0.2) is 0 Å². The molecule has 1 N–H and O–H groups in total. The number of ketones is 1. The summed E-state index contributed by atoms with van der Waals surface area (Å²) in [5.41, 5.74) is 4.29. The number of para-hydroxylation sites is 1. The molecular formula is C21H21NO3. The lowest BCUT2D eigenvalue weighted by molar-refractivity contribution is -0.145. The number of rotatable bonds is 5. The number of fused-ring (bicyclic) bond motifs is 1. The van der Waals surface area contributed by atoms with Crippen LogP contribution in [0.15, 0.2) is 48.5 Å². The van der Waals surface area contributed by atoms with Crippen LogP contribution in [0.4, 0.5) is 0 Å². The van der Waals surface area contributed by atoms with Gasteiger partial charge in [-0.2, -0.15) is 0 Å². The van der Waals surface area contributed by atoms with Crippen LogP contribution in [0.25, 0.3) is 10.9 Å². The maximum absolute atomic E-state index is 12.8. The van der Waals surface area contributed by atoms with E-state index in [4.69, 9.17) is 4.74 Å². The molecule has 3 aromatic rings. The molecule has 1 heterocycles. The highest BCUT2D eigenvalue weighted by molar-refractivity contribution is 6.11. The number of aryl methyl sites for hydroxylation is 2. The Balaban J connectivity index is 1.72. The number of carbonyl (C=O) groups is 2. The average Bonchev–Trinajstić information content (AvgIpc) is 2.91. The SMILES string of the molecule is Cc1ccc(CC(=O)O[C@@H](C)C(=O)c2c(C)[nH]c3ccccc23)cc1. The van der Waals surface area contributed by atoms with Crippen LogP contribution in [0, 0.1) is 13.8 Å². The zero-order valence-corrected chi connectivity index (χ0v) is 14.6. The lowest BCUT2D eigenvalue weighted by Crippen LogP contribution is -2.25. The quantitative estimate of drug-likeness (QED) is 0.563. The van der Waals surface area contributed by atoms with Crippen molar-refractivity contribution in [3.63, 3.8) is 0 Å². The molecule has 0 saturated heterocycles. The van der Waals surface area contributed by atoms with E-state index >= 15 is 0 Å². The van der Waals surface area contributed by atoms with Crippen molar-refractivity contribution in [3.05, 3.63) is 70.9 Å². The number of nitrogens with one attached hydrogen (secondary N) is 1. The van der Waals surface area contributed by atoms with Crippen LogP contribution < -0.4 is 0 Å². The summed E-state index contributed by atoms with van der Waals surface area (Å²) in [5, 5.41) is 0.853. The van der Waals surface area contributed by atoms with Gasteiger partial charge < -0.3 is 9.72 Å². The Morgan fingerprint density at radius 2 is 1.72 bits per heavy atom. The van der Waals surface area contributed by atoms with E-state index in [1.807, 2.05) is 62.4 Å². The van der Waals surface area contributed by atoms with Gasteiger partial charge in [0.2, 0.25) is 5.78 Å². The predicted octanol–water partition coefficient (Wildman–Crippen LogP) is 4.14. The van der Waals surface area contributed by atoms with E-state index in [0.717, 1.165) is 27.7 Å². The molecule has 0 aliphatic heterocycles. The van der Waals surface area contributed by atoms with Crippen molar-refractivity contribution < 1.29 is 14.3 Å². The average molecular weight is 335 g/mol. The highest BCUT2D eigenvalue weighted by Crippen LogP contribution is 2.24. The smallest absolute Gasteiger partial charge is 0.310 e. The van der Waals surface area contributed by atoms with E-state index in [0.29, 0.717) is 5.56 Å². The summed E-state index contributed by atoms with van der Waals surface area (Å²) in [4.78, 5) is 28.1. The second-order valence-electron chi connectivity index (χ2n) is 6.33. The molecule has 0 spiro atoms. The second-order valence-corrected chi connectivity index (χ2v) is 6.33. The van der Waals surface area contributed by atoms with Crippen molar-refractivity contribution in [3.8, 4) is 0 Å². The van der Waals surface area contributed by atoms with Crippen molar-refractivity contribution in [1.82, 2.24) is 4.98 Å². The number of carbonyl (C=O) groups excluding carboxylic acids is 2. The Hall–Kier alpha value is -2.88.